The first-order valence-electron chi connectivity index (χ1n) is 10.2. The summed E-state index contributed by atoms with van der Waals surface area (Å²) in [6, 6.07) is 12.0. The summed E-state index contributed by atoms with van der Waals surface area (Å²) in [6.07, 6.45) is 4.90. The number of aliphatic imine (C=N–C) groups is 1. The van der Waals surface area contributed by atoms with Gasteiger partial charge in [-0.15, -0.1) is 0 Å². The molecular formula is C23H24N4O3. The summed E-state index contributed by atoms with van der Waals surface area (Å²) >= 11 is 0. The molecule has 0 unspecified atom stereocenters. The number of fused-ring (bicyclic) bond motifs is 1. The second-order valence-electron chi connectivity index (χ2n) is 7.71. The summed E-state index contributed by atoms with van der Waals surface area (Å²) in [5, 5.41) is 2.66. The van der Waals surface area contributed by atoms with E-state index in [4.69, 9.17) is 0 Å². The first-order chi connectivity index (χ1) is 14.5. The predicted molar refractivity (Wildman–Crippen MR) is 116 cm³/mol. The van der Waals surface area contributed by atoms with Crippen molar-refractivity contribution in [3.05, 3.63) is 59.2 Å². The Balaban J connectivity index is 1.45. The van der Waals surface area contributed by atoms with Crippen molar-refractivity contribution in [2.45, 2.75) is 26.2 Å². The molecule has 154 valence electrons. The van der Waals surface area contributed by atoms with Gasteiger partial charge in [0.25, 0.3) is 5.78 Å². The molecule has 2 aromatic carbocycles. The number of likely N-dealkylation sites (tertiary alicyclic amines) is 1. The number of carbonyl (C=O) groups is 3. The molecule has 7 nitrogen and oxygen atoms in total. The number of ketones is 1. The molecule has 2 aromatic rings. The third-order valence-electron chi connectivity index (χ3n) is 5.42. The number of nitrogens with zero attached hydrogens (tertiary/aromatic N) is 3. The van der Waals surface area contributed by atoms with Crippen LogP contribution in [0.25, 0.3) is 0 Å². The number of rotatable bonds is 4. The molecule has 1 N–H and O–H groups in total. The molecule has 3 amide bonds. The minimum atomic E-state index is -0.544. The van der Waals surface area contributed by atoms with Gasteiger partial charge < -0.3 is 5.32 Å². The zero-order valence-corrected chi connectivity index (χ0v) is 16.9. The molecule has 2 aliphatic rings. The number of Topliss-reactive ketones (excluding diaryl/α,β-unsaturated/α-hetero) is 1. The van der Waals surface area contributed by atoms with Gasteiger partial charge in [0.05, 0.1) is 17.9 Å². The van der Waals surface area contributed by atoms with Crippen LogP contribution in [0, 0.1) is 6.92 Å². The largest absolute Gasteiger partial charge is 0.345 e. The Morgan fingerprint density at radius 2 is 1.80 bits per heavy atom. The van der Waals surface area contributed by atoms with E-state index in [1.807, 2.05) is 31.2 Å². The van der Waals surface area contributed by atoms with Crippen molar-refractivity contribution in [3.8, 4) is 0 Å². The topological polar surface area (TPSA) is 82.1 Å². The minimum Gasteiger partial charge on any atom is -0.306 e. The molecule has 4 rings (SSSR count). The third-order valence-corrected chi connectivity index (χ3v) is 5.42. The summed E-state index contributed by atoms with van der Waals surface area (Å²) in [5.41, 5.74) is 3.29. The molecule has 7 heteroatoms. The lowest BCUT2D eigenvalue weighted by molar-refractivity contribution is -0.114. The van der Waals surface area contributed by atoms with E-state index in [0.717, 1.165) is 37.1 Å². The first-order valence-corrected chi connectivity index (χ1v) is 10.2. The van der Waals surface area contributed by atoms with E-state index in [2.05, 4.69) is 15.2 Å². The van der Waals surface area contributed by atoms with Crippen LogP contribution in [0.2, 0.25) is 0 Å². The number of hydrogen-bond acceptors (Lipinski definition) is 4. The van der Waals surface area contributed by atoms with E-state index >= 15 is 0 Å². The van der Waals surface area contributed by atoms with Crippen LogP contribution in [-0.4, -0.2) is 48.6 Å². The third kappa shape index (κ3) is 4.31. The fraction of sp³-hybridized carbons (Fsp3) is 0.304. The molecule has 30 heavy (non-hydrogen) atoms. The second kappa shape index (κ2) is 8.59. The number of urea groups is 1. The van der Waals surface area contributed by atoms with Gasteiger partial charge in [0.15, 0.2) is 0 Å². The maximum Gasteiger partial charge on any atom is 0.345 e. The van der Waals surface area contributed by atoms with Gasteiger partial charge >= 0.3 is 11.9 Å². The SMILES string of the molecule is Cc1ccc(/C=N/C(=O)Nc2ccc3c(c2)C(=O)C(=O)N3CN2CCCCC2)cc1. The Kier molecular flexibility index (Phi) is 5.72. The van der Waals surface area contributed by atoms with Gasteiger partial charge in [0.1, 0.15) is 0 Å². The summed E-state index contributed by atoms with van der Waals surface area (Å²) in [7, 11) is 0. The highest BCUT2D eigenvalue weighted by molar-refractivity contribution is 6.52. The van der Waals surface area contributed by atoms with Gasteiger partial charge in [-0.3, -0.25) is 19.4 Å². The molecule has 1 fully saturated rings. The van der Waals surface area contributed by atoms with Gasteiger partial charge in [-0.1, -0.05) is 36.2 Å². The number of amides is 3. The molecule has 0 radical (unpaired) electrons. The van der Waals surface area contributed by atoms with Crippen LogP contribution in [0.3, 0.4) is 0 Å². The van der Waals surface area contributed by atoms with Crippen LogP contribution in [0.1, 0.15) is 40.7 Å². The van der Waals surface area contributed by atoms with Crippen LogP contribution >= 0.6 is 0 Å². The van der Waals surface area contributed by atoms with Crippen molar-refractivity contribution >= 4 is 35.3 Å². The maximum absolute atomic E-state index is 12.5. The number of hydrogen-bond donors (Lipinski definition) is 1. The summed E-state index contributed by atoms with van der Waals surface area (Å²) in [5.74, 6) is -1.06. The van der Waals surface area contributed by atoms with Crippen molar-refractivity contribution in [2.24, 2.45) is 4.99 Å². The van der Waals surface area contributed by atoms with Crippen molar-refractivity contribution in [2.75, 3.05) is 30.0 Å². The molecule has 1 saturated heterocycles. The average molecular weight is 404 g/mol. The Bertz CT molecular complexity index is 1010. The Morgan fingerprint density at radius 3 is 2.53 bits per heavy atom. The standard InChI is InChI=1S/C23H24N4O3/c1-16-5-7-17(8-6-16)14-24-23(30)25-18-9-10-20-19(13-18)21(28)22(29)27(20)15-26-11-3-2-4-12-26/h5-10,13-14H,2-4,11-12,15H2,1H3,(H,25,30)/b24-14+. The molecule has 0 atom stereocenters. The van der Waals surface area contributed by atoms with Crippen molar-refractivity contribution < 1.29 is 14.4 Å². The van der Waals surface area contributed by atoms with Crippen molar-refractivity contribution in [3.63, 3.8) is 0 Å². The quantitative estimate of drug-likeness (QED) is 0.623. The van der Waals surface area contributed by atoms with Gasteiger partial charge in [-0.05, 0) is 56.6 Å². The summed E-state index contributed by atoms with van der Waals surface area (Å²) in [4.78, 5) is 44.7. The monoisotopic (exact) mass is 404 g/mol. The van der Waals surface area contributed by atoms with Gasteiger partial charge in [-0.2, -0.15) is 0 Å². The smallest absolute Gasteiger partial charge is 0.306 e. The number of nitrogens with one attached hydrogen (secondary N) is 1. The summed E-state index contributed by atoms with van der Waals surface area (Å²) < 4.78 is 0. The normalized spacial score (nSPS) is 16.9. The Hall–Kier alpha value is -3.32. The van der Waals surface area contributed by atoms with E-state index in [1.54, 1.807) is 18.2 Å². The lowest BCUT2D eigenvalue weighted by atomic mass is 10.1. The number of anilines is 2. The highest BCUT2D eigenvalue weighted by Gasteiger charge is 2.37. The molecular weight excluding hydrogens is 380 g/mol. The summed E-state index contributed by atoms with van der Waals surface area (Å²) in [6.45, 7) is 4.27. The lowest BCUT2D eigenvalue weighted by Crippen LogP contribution is -2.43. The van der Waals surface area contributed by atoms with Gasteiger partial charge in [0.2, 0.25) is 0 Å². The first kappa shape index (κ1) is 20.0. The highest BCUT2D eigenvalue weighted by atomic mass is 16.2. The van der Waals surface area contributed by atoms with Crippen LogP contribution < -0.4 is 10.2 Å². The molecule has 0 saturated carbocycles. The molecule has 0 aliphatic carbocycles. The molecule has 0 aromatic heterocycles. The van der Waals surface area contributed by atoms with E-state index in [9.17, 15) is 14.4 Å². The van der Waals surface area contributed by atoms with Crippen molar-refractivity contribution in [1.82, 2.24) is 4.90 Å². The van der Waals surface area contributed by atoms with Crippen LogP contribution in [0.5, 0.6) is 0 Å². The molecule has 0 bridgehead atoms. The number of carbonyl (C=O) groups excluding carboxylic acids is 3. The second-order valence-corrected chi connectivity index (χ2v) is 7.71. The number of benzene rings is 2. The van der Waals surface area contributed by atoms with Crippen LogP contribution in [0.4, 0.5) is 16.2 Å². The van der Waals surface area contributed by atoms with E-state index in [1.165, 1.54) is 17.5 Å². The predicted octanol–water partition coefficient (Wildman–Crippen LogP) is 3.62. The van der Waals surface area contributed by atoms with E-state index < -0.39 is 17.7 Å². The van der Waals surface area contributed by atoms with E-state index in [0.29, 0.717) is 23.6 Å². The number of aryl methyl sites for hydroxylation is 1. The fourth-order valence-corrected chi connectivity index (χ4v) is 3.76. The Morgan fingerprint density at radius 1 is 1.07 bits per heavy atom. The maximum atomic E-state index is 12.5. The average Bonchev–Trinajstić information content (AvgIpc) is 2.99. The van der Waals surface area contributed by atoms with Crippen LogP contribution in [0.15, 0.2) is 47.5 Å². The van der Waals surface area contributed by atoms with E-state index in [-0.39, 0.29) is 0 Å². The van der Waals surface area contributed by atoms with Gasteiger partial charge in [0, 0.05) is 11.9 Å². The van der Waals surface area contributed by atoms with Crippen LogP contribution in [-0.2, 0) is 4.79 Å². The van der Waals surface area contributed by atoms with Gasteiger partial charge in [-0.25, -0.2) is 9.79 Å². The minimum absolute atomic E-state index is 0.317. The highest BCUT2D eigenvalue weighted by Crippen LogP contribution is 2.31. The number of piperidine rings is 1. The molecule has 0 spiro atoms. The fourth-order valence-electron chi connectivity index (χ4n) is 3.76. The zero-order chi connectivity index (χ0) is 21.1. The Labute approximate surface area is 175 Å². The van der Waals surface area contributed by atoms with Crippen molar-refractivity contribution in [1.29, 1.82) is 0 Å². The zero-order valence-electron chi connectivity index (χ0n) is 16.9. The molecule has 2 heterocycles. The molecule has 2 aliphatic heterocycles. The lowest BCUT2D eigenvalue weighted by Gasteiger charge is -2.30.